The third-order valence-electron chi connectivity index (χ3n) is 9.09. The fourth-order valence-corrected chi connectivity index (χ4v) is 6.99. The van der Waals surface area contributed by atoms with Gasteiger partial charge in [-0.25, -0.2) is 9.67 Å². The average Bonchev–Trinajstić information content (AvgIpc) is 3.67. The van der Waals surface area contributed by atoms with Gasteiger partial charge in [-0.15, -0.1) is 5.10 Å². The van der Waals surface area contributed by atoms with Crippen molar-refractivity contribution < 1.29 is 4.79 Å². The molecule has 2 heterocycles. The van der Waals surface area contributed by atoms with Crippen molar-refractivity contribution in [3.63, 3.8) is 0 Å². The van der Waals surface area contributed by atoms with Crippen LogP contribution in [-0.4, -0.2) is 37.6 Å². The highest BCUT2D eigenvalue weighted by Gasteiger charge is 2.42. The summed E-state index contributed by atoms with van der Waals surface area (Å²) in [5, 5.41) is 16.9. The van der Waals surface area contributed by atoms with E-state index in [2.05, 4.69) is 138 Å². The standard InChI is InChI=1S/C43H39N7O/c1-3-30-49(42-40(45-32(2)51)28-17-29-44-42)31-33-18-13-14-25-37(33)38-26-15-16-27-39(38)41-46-47-48-50(41)43(34-19-7-4-8-20-34,35-21-9-5-10-22-35)36-23-11-6-12-24-36/h4-29H,3,30-31H2,1-2H3,(H,45,51). The molecule has 0 spiro atoms. The molecule has 1 amide bonds. The van der Waals surface area contributed by atoms with Crippen molar-refractivity contribution in [1.82, 2.24) is 25.2 Å². The number of amides is 1. The molecule has 0 bridgehead atoms. The van der Waals surface area contributed by atoms with E-state index in [1.54, 1.807) is 6.20 Å². The van der Waals surface area contributed by atoms with Gasteiger partial charge in [0.2, 0.25) is 5.91 Å². The van der Waals surface area contributed by atoms with Crippen molar-refractivity contribution in [2.75, 3.05) is 16.8 Å². The normalized spacial score (nSPS) is 11.3. The zero-order chi connectivity index (χ0) is 35.0. The van der Waals surface area contributed by atoms with E-state index in [0.717, 1.165) is 57.7 Å². The molecule has 2 aromatic heterocycles. The van der Waals surface area contributed by atoms with Crippen molar-refractivity contribution in [2.24, 2.45) is 0 Å². The SMILES string of the molecule is CCCN(Cc1ccccc1-c1ccccc1-c1nnnn1C(c1ccccc1)(c1ccccc1)c1ccccc1)c1ncccc1NC(C)=O. The highest BCUT2D eigenvalue weighted by Crippen LogP contribution is 2.43. The Balaban J connectivity index is 1.41. The minimum atomic E-state index is -0.883. The van der Waals surface area contributed by atoms with Gasteiger partial charge in [-0.2, -0.15) is 0 Å². The number of hydrogen-bond acceptors (Lipinski definition) is 6. The van der Waals surface area contributed by atoms with E-state index >= 15 is 0 Å². The largest absolute Gasteiger partial charge is 0.351 e. The second-order valence-electron chi connectivity index (χ2n) is 12.4. The summed E-state index contributed by atoms with van der Waals surface area (Å²) in [5.41, 5.74) is 7.00. The molecule has 8 heteroatoms. The van der Waals surface area contributed by atoms with Crippen LogP contribution in [0.3, 0.4) is 0 Å². The Labute approximate surface area is 298 Å². The molecule has 0 saturated heterocycles. The molecule has 7 aromatic rings. The molecule has 51 heavy (non-hydrogen) atoms. The summed E-state index contributed by atoms with van der Waals surface area (Å²) in [5.74, 6) is 1.24. The van der Waals surface area contributed by atoms with Gasteiger partial charge in [-0.3, -0.25) is 4.79 Å². The Morgan fingerprint density at radius 1 is 0.686 bits per heavy atom. The first kappa shape index (κ1) is 33.1. The van der Waals surface area contributed by atoms with Crippen LogP contribution in [0.2, 0.25) is 0 Å². The number of benzene rings is 5. The summed E-state index contributed by atoms with van der Waals surface area (Å²) in [6, 6.07) is 51.8. The molecule has 0 aliphatic carbocycles. The van der Waals surface area contributed by atoms with Gasteiger partial charge >= 0.3 is 0 Å². The summed E-state index contributed by atoms with van der Waals surface area (Å²) >= 11 is 0. The molecule has 7 rings (SSSR count). The number of nitrogens with zero attached hydrogens (tertiary/aromatic N) is 6. The molecule has 0 radical (unpaired) electrons. The van der Waals surface area contributed by atoms with Gasteiger partial charge in [0.05, 0.1) is 5.69 Å². The lowest BCUT2D eigenvalue weighted by atomic mass is 9.77. The van der Waals surface area contributed by atoms with Crippen LogP contribution in [0.15, 0.2) is 158 Å². The van der Waals surface area contributed by atoms with Crippen molar-refractivity contribution in [1.29, 1.82) is 0 Å². The lowest BCUT2D eigenvalue weighted by molar-refractivity contribution is -0.114. The van der Waals surface area contributed by atoms with Crippen LogP contribution < -0.4 is 10.2 Å². The minimum absolute atomic E-state index is 0.134. The molecule has 5 aromatic carbocycles. The summed E-state index contributed by atoms with van der Waals surface area (Å²) < 4.78 is 1.98. The minimum Gasteiger partial charge on any atom is -0.351 e. The van der Waals surface area contributed by atoms with Crippen molar-refractivity contribution in [3.8, 4) is 22.5 Å². The van der Waals surface area contributed by atoms with Crippen LogP contribution in [0.4, 0.5) is 11.5 Å². The third-order valence-corrected chi connectivity index (χ3v) is 9.09. The van der Waals surface area contributed by atoms with E-state index in [1.165, 1.54) is 6.92 Å². The van der Waals surface area contributed by atoms with Crippen LogP contribution in [-0.2, 0) is 16.9 Å². The van der Waals surface area contributed by atoms with E-state index in [0.29, 0.717) is 18.1 Å². The van der Waals surface area contributed by atoms with Gasteiger partial charge in [-0.05, 0) is 62.4 Å². The molecule has 0 atom stereocenters. The third kappa shape index (κ3) is 6.51. The van der Waals surface area contributed by atoms with E-state index in [1.807, 2.05) is 41.1 Å². The van der Waals surface area contributed by atoms with Crippen LogP contribution >= 0.6 is 0 Å². The van der Waals surface area contributed by atoms with Crippen LogP contribution in [0.1, 0.15) is 42.5 Å². The molecule has 252 valence electrons. The quantitative estimate of drug-likeness (QED) is 0.131. The molecule has 0 saturated carbocycles. The number of tetrazole rings is 1. The van der Waals surface area contributed by atoms with Crippen LogP contribution in [0, 0.1) is 0 Å². The monoisotopic (exact) mass is 669 g/mol. The van der Waals surface area contributed by atoms with Gasteiger partial charge in [-0.1, -0.05) is 146 Å². The van der Waals surface area contributed by atoms with Crippen molar-refractivity contribution in [3.05, 3.63) is 180 Å². The second kappa shape index (κ2) is 15.0. The van der Waals surface area contributed by atoms with E-state index in [4.69, 9.17) is 15.3 Å². The van der Waals surface area contributed by atoms with Gasteiger partial charge in [0.25, 0.3) is 0 Å². The van der Waals surface area contributed by atoms with Gasteiger partial charge in [0, 0.05) is 31.8 Å². The zero-order valence-corrected chi connectivity index (χ0v) is 28.7. The Bertz CT molecular complexity index is 2120. The maximum Gasteiger partial charge on any atom is 0.221 e. The number of carbonyl (C=O) groups excluding carboxylic acids is 1. The first-order chi connectivity index (χ1) is 25.1. The Morgan fingerprint density at radius 3 is 1.82 bits per heavy atom. The fourth-order valence-electron chi connectivity index (χ4n) is 6.99. The van der Waals surface area contributed by atoms with E-state index < -0.39 is 5.54 Å². The predicted octanol–water partition coefficient (Wildman–Crippen LogP) is 8.62. The van der Waals surface area contributed by atoms with Crippen molar-refractivity contribution >= 4 is 17.4 Å². The molecular weight excluding hydrogens is 631 g/mol. The Kier molecular flexibility index (Phi) is 9.74. The fraction of sp³-hybridized carbons (Fsp3) is 0.140. The number of pyridine rings is 1. The average molecular weight is 670 g/mol. The van der Waals surface area contributed by atoms with E-state index in [9.17, 15) is 4.79 Å². The smallest absolute Gasteiger partial charge is 0.221 e. The first-order valence-corrected chi connectivity index (χ1v) is 17.2. The van der Waals surface area contributed by atoms with Crippen molar-refractivity contribution in [2.45, 2.75) is 32.4 Å². The Hall–Kier alpha value is -6.41. The lowest BCUT2D eigenvalue weighted by Gasteiger charge is -2.36. The summed E-state index contributed by atoms with van der Waals surface area (Å²) in [6.45, 7) is 5.00. The zero-order valence-electron chi connectivity index (χ0n) is 28.7. The highest BCUT2D eigenvalue weighted by molar-refractivity contribution is 5.92. The number of nitrogens with one attached hydrogen (secondary N) is 1. The maximum atomic E-state index is 12.1. The number of hydrogen-bond donors (Lipinski definition) is 1. The van der Waals surface area contributed by atoms with Gasteiger partial charge in [0.15, 0.2) is 11.6 Å². The van der Waals surface area contributed by atoms with Crippen LogP contribution in [0.5, 0.6) is 0 Å². The number of carbonyl (C=O) groups is 1. The topological polar surface area (TPSA) is 88.8 Å². The lowest BCUT2D eigenvalue weighted by Crippen LogP contribution is -2.39. The predicted molar refractivity (Wildman–Crippen MR) is 203 cm³/mol. The molecule has 0 fully saturated rings. The number of aromatic nitrogens is 5. The van der Waals surface area contributed by atoms with Gasteiger partial charge in [0.1, 0.15) is 5.54 Å². The summed E-state index contributed by atoms with van der Waals surface area (Å²) in [6.07, 6.45) is 2.67. The maximum absolute atomic E-state index is 12.1. The molecule has 0 unspecified atom stereocenters. The Morgan fingerprint density at radius 2 is 1.24 bits per heavy atom. The second-order valence-corrected chi connectivity index (χ2v) is 12.4. The molecule has 0 aliphatic rings. The molecular formula is C43H39N7O. The van der Waals surface area contributed by atoms with E-state index in [-0.39, 0.29) is 5.91 Å². The van der Waals surface area contributed by atoms with Crippen LogP contribution in [0.25, 0.3) is 22.5 Å². The summed E-state index contributed by atoms with van der Waals surface area (Å²) in [7, 11) is 0. The first-order valence-electron chi connectivity index (χ1n) is 17.2. The molecule has 8 nitrogen and oxygen atoms in total. The number of rotatable bonds is 12. The number of anilines is 2. The molecule has 1 N–H and O–H groups in total. The van der Waals surface area contributed by atoms with Gasteiger partial charge < -0.3 is 10.2 Å². The molecule has 0 aliphatic heterocycles. The highest BCUT2D eigenvalue weighted by atomic mass is 16.1. The summed E-state index contributed by atoms with van der Waals surface area (Å²) in [4.78, 5) is 19.0.